The minimum Gasteiger partial charge on any atom is -0.327 e. The van der Waals surface area contributed by atoms with Crippen LogP contribution in [0.15, 0.2) is 40.9 Å². The summed E-state index contributed by atoms with van der Waals surface area (Å²) in [5.74, 6) is 0. The molecule has 0 saturated carbocycles. The number of hydrogen-bond donors (Lipinski definition) is 1. The highest BCUT2D eigenvalue weighted by Gasteiger charge is 2.11. The van der Waals surface area contributed by atoms with E-state index in [4.69, 9.17) is 5.73 Å². The SMILES string of the molecule is Cc1cc(C)c(CC(N)Cc2ccccc2Br)c(C)c1. The lowest BCUT2D eigenvalue weighted by molar-refractivity contribution is 0.659. The molecule has 1 atom stereocenters. The average Bonchev–Trinajstić information content (AvgIpc) is 2.36. The Morgan fingerprint density at radius 1 is 1.00 bits per heavy atom. The monoisotopic (exact) mass is 331 g/mol. The number of rotatable bonds is 4. The molecule has 0 spiro atoms. The lowest BCUT2D eigenvalue weighted by Crippen LogP contribution is -2.26. The van der Waals surface area contributed by atoms with Crippen LogP contribution in [0.3, 0.4) is 0 Å². The van der Waals surface area contributed by atoms with E-state index in [0.717, 1.165) is 17.3 Å². The van der Waals surface area contributed by atoms with Crippen molar-refractivity contribution in [2.24, 2.45) is 5.73 Å². The number of halogens is 1. The second kappa shape index (κ2) is 6.55. The van der Waals surface area contributed by atoms with E-state index in [9.17, 15) is 0 Å². The Morgan fingerprint density at radius 2 is 1.60 bits per heavy atom. The van der Waals surface area contributed by atoms with Gasteiger partial charge in [0.2, 0.25) is 0 Å². The van der Waals surface area contributed by atoms with Gasteiger partial charge in [-0.25, -0.2) is 0 Å². The van der Waals surface area contributed by atoms with E-state index in [-0.39, 0.29) is 6.04 Å². The van der Waals surface area contributed by atoms with Gasteiger partial charge in [-0.1, -0.05) is 51.8 Å². The predicted octanol–water partition coefficient (Wildman–Crippen LogP) is 4.49. The Labute approximate surface area is 130 Å². The maximum Gasteiger partial charge on any atom is 0.0207 e. The number of benzene rings is 2. The van der Waals surface area contributed by atoms with E-state index >= 15 is 0 Å². The summed E-state index contributed by atoms with van der Waals surface area (Å²) in [6, 6.07) is 12.9. The number of hydrogen-bond acceptors (Lipinski definition) is 1. The molecule has 0 saturated heterocycles. The second-order valence-electron chi connectivity index (χ2n) is 5.64. The zero-order valence-electron chi connectivity index (χ0n) is 12.4. The van der Waals surface area contributed by atoms with E-state index in [1.807, 2.05) is 6.07 Å². The Bertz CT molecular complexity index is 581. The molecule has 20 heavy (non-hydrogen) atoms. The lowest BCUT2D eigenvalue weighted by Gasteiger charge is -2.17. The van der Waals surface area contributed by atoms with Crippen molar-refractivity contribution in [3.63, 3.8) is 0 Å². The van der Waals surface area contributed by atoms with Gasteiger partial charge in [0.25, 0.3) is 0 Å². The van der Waals surface area contributed by atoms with Gasteiger partial charge in [0.1, 0.15) is 0 Å². The predicted molar refractivity (Wildman–Crippen MR) is 90.2 cm³/mol. The van der Waals surface area contributed by atoms with Crippen LogP contribution in [0.4, 0.5) is 0 Å². The summed E-state index contributed by atoms with van der Waals surface area (Å²) in [7, 11) is 0. The third-order valence-electron chi connectivity index (χ3n) is 3.75. The molecular weight excluding hydrogens is 310 g/mol. The molecule has 0 bridgehead atoms. The van der Waals surface area contributed by atoms with Gasteiger partial charge in [-0.2, -0.15) is 0 Å². The maximum absolute atomic E-state index is 6.36. The van der Waals surface area contributed by atoms with Crippen molar-refractivity contribution in [1.82, 2.24) is 0 Å². The summed E-state index contributed by atoms with van der Waals surface area (Å²) in [5.41, 5.74) is 13.1. The zero-order valence-corrected chi connectivity index (χ0v) is 14.0. The fourth-order valence-corrected chi connectivity index (χ4v) is 3.26. The first-order valence-corrected chi connectivity index (χ1v) is 7.82. The molecule has 2 aromatic rings. The van der Waals surface area contributed by atoms with Gasteiger partial charge in [-0.05, 0) is 61.9 Å². The molecule has 1 nitrogen and oxygen atoms in total. The van der Waals surface area contributed by atoms with Crippen molar-refractivity contribution in [3.8, 4) is 0 Å². The first-order valence-electron chi connectivity index (χ1n) is 7.03. The molecule has 0 aromatic heterocycles. The van der Waals surface area contributed by atoms with Crippen LogP contribution in [0.1, 0.15) is 27.8 Å². The molecule has 0 amide bonds. The van der Waals surface area contributed by atoms with Gasteiger partial charge in [0.05, 0.1) is 0 Å². The second-order valence-corrected chi connectivity index (χ2v) is 6.49. The molecular formula is C18H22BrN. The van der Waals surface area contributed by atoms with Crippen molar-refractivity contribution in [1.29, 1.82) is 0 Å². The summed E-state index contributed by atoms with van der Waals surface area (Å²) < 4.78 is 1.15. The molecule has 0 radical (unpaired) electrons. The third kappa shape index (κ3) is 3.71. The number of nitrogens with two attached hydrogens (primary N) is 1. The zero-order chi connectivity index (χ0) is 14.7. The van der Waals surface area contributed by atoms with E-state index in [1.165, 1.54) is 27.8 Å². The van der Waals surface area contributed by atoms with Gasteiger partial charge < -0.3 is 5.73 Å². The Hall–Kier alpha value is -1.12. The van der Waals surface area contributed by atoms with Crippen molar-refractivity contribution < 1.29 is 0 Å². The molecule has 0 aliphatic rings. The molecule has 0 heterocycles. The fraction of sp³-hybridized carbons (Fsp3) is 0.333. The van der Waals surface area contributed by atoms with Crippen LogP contribution >= 0.6 is 15.9 Å². The highest BCUT2D eigenvalue weighted by molar-refractivity contribution is 9.10. The molecule has 0 aliphatic heterocycles. The summed E-state index contributed by atoms with van der Waals surface area (Å²) in [5, 5.41) is 0. The molecule has 2 aromatic carbocycles. The maximum atomic E-state index is 6.36. The van der Waals surface area contributed by atoms with E-state index < -0.39 is 0 Å². The Kier molecular flexibility index (Phi) is 5.00. The van der Waals surface area contributed by atoms with Crippen LogP contribution in [0, 0.1) is 20.8 Å². The minimum absolute atomic E-state index is 0.147. The Morgan fingerprint density at radius 3 is 2.20 bits per heavy atom. The molecule has 2 rings (SSSR count). The molecule has 1 unspecified atom stereocenters. The van der Waals surface area contributed by atoms with E-state index in [1.54, 1.807) is 0 Å². The molecule has 2 N–H and O–H groups in total. The molecule has 106 valence electrons. The van der Waals surface area contributed by atoms with Crippen molar-refractivity contribution in [2.75, 3.05) is 0 Å². The van der Waals surface area contributed by atoms with Crippen LogP contribution in [-0.2, 0) is 12.8 Å². The van der Waals surface area contributed by atoms with Gasteiger partial charge in [-0.15, -0.1) is 0 Å². The van der Waals surface area contributed by atoms with Gasteiger partial charge in [0.15, 0.2) is 0 Å². The fourth-order valence-electron chi connectivity index (χ4n) is 2.81. The van der Waals surface area contributed by atoms with Crippen LogP contribution in [-0.4, -0.2) is 6.04 Å². The topological polar surface area (TPSA) is 26.0 Å². The van der Waals surface area contributed by atoms with Gasteiger partial charge >= 0.3 is 0 Å². The Balaban J connectivity index is 2.13. The van der Waals surface area contributed by atoms with Crippen LogP contribution < -0.4 is 5.73 Å². The molecule has 2 heteroatoms. The first-order chi connectivity index (χ1) is 9.47. The van der Waals surface area contributed by atoms with Crippen LogP contribution in [0.2, 0.25) is 0 Å². The summed E-state index contributed by atoms with van der Waals surface area (Å²) in [6.45, 7) is 6.51. The van der Waals surface area contributed by atoms with Gasteiger partial charge in [0, 0.05) is 10.5 Å². The highest BCUT2D eigenvalue weighted by atomic mass is 79.9. The molecule has 0 aliphatic carbocycles. The normalized spacial score (nSPS) is 12.4. The highest BCUT2D eigenvalue weighted by Crippen LogP contribution is 2.21. The quantitative estimate of drug-likeness (QED) is 0.877. The third-order valence-corrected chi connectivity index (χ3v) is 4.52. The summed E-state index contributed by atoms with van der Waals surface area (Å²) in [6.07, 6.45) is 1.83. The van der Waals surface area contributed by atoms with Crippen LogP contribution in [0.5, 0.6) is 0 Å². The first kappa shape index (κ1) is 15.3. The van der Waals surface area contributed by atoms with E-state index in [0.29, 0.717) is 0 Å². The standard InChI is InChI=1S/C18H22BrN/c1-12-8-13(2)17(14(3)9-12)11-16(20)10-15-6-4-5-7-18(15)19/h4-9,16H,10-11,20H2,1-3H3. The van der Waals surface area contributed by atoms with Crippen LogP contribution in [0.25, 0.3) is 0 Å². The smallest absolute Gasteiger partial charge is 0.0207 e. The average molecular weight is 332 g/mol. The van der Waals surface area contributed by atoms with Gasteiger partial charge in [-0.3, -0.25) is 0 Å². The van der Waals surface area contributed by atoms with Crippen molar-refractivity contribution >= 4 is 15.9 Å². The lowest BCUT2D eigenvalue weighted by atomic mass is 9.92. The van der Waals surface area contributed by atoms with E-state index in [2.05, 4.69) is 67.0 Å². The summed E-state index contributed by atoms with van der Waals surface area (Å²) >= 11 is 3.59. The minimum atomic E-state index is 0.147. The molecule has 0 fully saturated rings. The van der Waals surface area contributed by atoms with Crippen molar-refractivity contribution in [2.45, 2.75) is 39.7 Å². The van der Waals surface area contributed by atoms with Crippen molar-refractivity contribution in [3.05, 3.63) is 68.7 Å². The largest absolute Gasteiger partial charge is 0.327 e. The number of aryl methyl sites for hydroxylation is 3. The summed E-state index contributed by atoms with van der Waals surface area (Å²) in [4.78, 5) is 0.